The summed E-state index contributed by atoms with van der Waals surface area (Å²) in [6.07, 6.45) is 6.18. The zero-order valence-corrected chi connectivity index (χ0v) is 20.8. The first-order valence-corrected chi connectivity index (χ1v) is 12.9. The molecule has 0 radical (unpaired) electrons. The fourth-order valence-electron chi connectivity index (χ4n) is 6.24. The molecule has 1 aliphatic carbocycles. The second kappa shape index (κ2) is 9.40. The van der Waals surface area contributed by atoms with Gasteiger partial charge in [0, 0.05) is 28.1 Å². The van der Waals surface area contributed by atoms with Crippen LogP contribution in [0.4, 0.5) is 5.69 Å². The van der Waals surface area contributed by atoms with E-state index in [4.69, 9.17) is 11.6 Å². The number of hydrogen-bond acceptors (Lipinski definition) is 4. The average molecular weight is 502 g/mol. The van der Waals surface area contributed by atoms with Gasteiger partial charge in [0.1, 0.15) is 23.8 Å². The molecule has 3 aromatic carbocycles. The van der Waals surface area contributed by atoms with Gasteiger partial charge in [0.15, 0.2) is 5.78 Å². The SMILES string of the molecule is N#CC(C#N)=C(C1CC1)[C@@H]1[C@@H](c2ccc(Cl)cc2)[C@@H](C(=O)c2ccccc2)N2c3ccccc3C=C[C@H]12. The van der Waals surface area contributed by atoms with Crippen molar-refractivity contribution < 1.29 is 4.79 Å². The largest absolute Gasteiger partial charge is 0.353 e. The number of hydrogen-bond donors (Lipinski definition) is 0. The molecule has 2 heterocycles. The predicted octanol–water partition coefficient (Wildman–Crippen LogP) is 6.96. The molecule has 180 valence electrons. The maximum atomic E-state index is 14.4. The van der Waals surface area contributed by atoms with Crippen molar-refractivity contribution in [2.75, 3.05) is 4.90 Å². The van der Waals surface area contributed by atoms with E-state index >= 15 is 0 Å². The Morgan fingerprint density at radius 3 is 2.24 bits per heavy atom. The molecule has 0 amide bonds. The van der Waals surface area contributed by atoms with Crippen molar-refractivity contribution >= 4 is 29.1 Å². The topological polar surface area (TPSA) is 67.9 Å². The summed E-state index contributed by atoms with van der Waals surface area (Å²) >= 11 is 6.27. The van der Waals surface area contributed by atoms with E-state index in [0.29, 0.717) is 10.6 Å². The Morgan fingerprint density at radius 2 is 1.57 bits per heavy atom. The molecule has 0 aromatic heterocycles. The third kappa shape index (κ3) is 3.95. The van der Waals surface area contributed by atoms with Gasteiger partial charge in [-0.05, 0) is 53.7 Å². The summed E-state index contributed by atoms with van der Waals surface area (Å²) in [5.74, 6) is -0.251. The summed E-state index contributed by atoms with van der Waals surface area (Å²) < 4.78 is 0. The molecule has 3 aliphatic rings. The molecule has 4 nitrogen and oxygen atoms in total. The number of carbonyl (C=O) groups excluding carboxylic acids is 1. The van der Waals surface area contributed by atoms with Crippen LogP contribution in [0.5, 0.6) is 0 Å². The molecule has 4 atom stereocenters. The van der Waals surface area contributed by atoms with Gasteiger partial charge in [0.25, 0.3) is 0 Å². The number of benzene rings is 3. The van der Waals surface area contributed by atoms with E-state index in [-0.39, 0.29) is 35.2 Å². The van der Waals surface area contributed by atoms with Crippen LogP contribution in [0.1, 0.15) is 40.2 Å². The first kappa shape index (κ1) is 23.3. The number of ketones is 1. The lowest BCUT2D eigenvalue weighted by Gasteiger charge is -2.36. The maximum Gasteiger partial charge on any atom is 0.185 e. The third-order valence-electron chi connectivity index (χ3n) is 7.87. The number of carbonyl (C=O) groups is 1. The van der Waals surface area contributed by atoms with Gasteiger partial charge in [0.2, 0.25) is 0 Å². The number of halogens is 1. The van der Waals surface area contributed by atoms with Crippen LogP contribution in [0.3, 0.4) is 0 Å². The summed E-state index contributed by atoms with van der Waals surface area (Å²) in [4.78, 5) is 16.6. The highest BCUT2D eigenvalue weighted by atomic mass is 35.5. The molecule has 0 N–H and O–H groups in total. The van der Waals surface area contributed by atoms with Crippen LogP contribution in [0.2, 0.25) is 5.02 Å². The van der Waals surface area contributed by atoms with Gasteiger partial charge < -0.3 is 4.90 Å². The number of para-hydroxylation sites is 1. The molecule has 0 unspecified atom stereocenters. The lowest BCUT2D eigenvalue weighted by atomic mass is 9.73. The number of nitrogens with zero attached hydrogens (tertiary/aromatic N) is 3. The molecular formula is C32H24ClN3O. The number of rotatable bonds is 5. The van der Waals surface area contributed by atoms with Crippen LogP contribution >= 0.6 is 11.6 Å². The highest BCUT2D eigenvalue weighted by Crippen LogP contribution is 2.56. The van der Waals surface area contributed by atoms with Gasteiger partial charge in [-0.3, -0.25) is 4.79 Å². The summed E-state index contributed by atoms with van der Waals surface area (Å²) in [5.41, 5.74) is 4.76. The highest BCUT2D eigenvalue weighted by Gasteiger charge is 2.56. The predicted molar refractivity (Wildman–Crippen MR) is 145 cm³/mol. The van der Waals surface area contributed by atoms with Crippen molar-refractivity contribution in [2.45, 2.75) is 30.8 Å². The summed E-state index contributed by atoms with van der Waals surface area (Å²) in [6.45, 7) is 0. The smallest absolute Gasteiger partial charge is 0.185 e. The minimum atomic E-state index is -0.517. The number of allylic oxidation sites excluding steroid dienone is 1. The fraction of sp³-hybridized carbons (Fsp3) is 0.219. The van der Waals surface area contributed by atoms with Gasteiger partial charge in [0.05, 0.1) is 6.04 Å². The molecular weight excluding hydrogens is 478 g/mol. The van der Waals surface area contributed by atoms with Gasteiger partial charge in [-0.1, -0.05) is 84.4 Å². The highest BCUT2D eigenvalue weighted by molar-refractivity contribution is 6.30. The molecule has 5 heteroatoms. The van der Waals surface area contributed by atoms with E-state index in [9.17, 15) is 15.3 Å². The minimum absolute atomic E-state index is 0.0313. The van der Waals surface area contributed by atoms with Gasteiger partial charge in [-0.2, -0.15) is 10.5 Å². The second-order valence-corrected chi connectivity index (χ2v) is 10.4. The van der Waals surface area contributed by atoms with Crippen LogP contribution in [0.25, 0.3) is 6.08 Å². The van der Waals surface area contributed by atoms with E-state index in [1.165, 1.54) is 0 Å². The Morgan fingerprint density at radius 1 is 0.892 bits per heavy atom. The van der Waals surface area contributed by atoms with Crippen molar-refractivity contribution in [2.24, 2.45) is 11.8 Å². The summed E-state index contributed by atoms with van der Waals surface area (Å²) in [6, 6.07) is 28.9. The Balaban J connectivity index is 1.63. The molecule has 6 rings (SSSR count). The molecule has 3 aromatic rings. The van der Waals surface area contributed by atoms with Crippen molar-refractivity contribution in [3.05, 3.63) is 118 Å². The lowest BCUT2D eigenvalue weighted by molar-refractivity contribution is 0.0952. The number of Topliss-reactive ketones (excluding diaryl/α,β-unsaturated/α-hetero) is 1. The van der Waals surface area contributed by atoms with E-state index in [1.807, 2.05) is 66.7 Å². The molecule has 0 spiro atoms. The van der Waals surface area contributed by atoms with Gasteiger partial charge >= 0.3 is 0 Å². The monoisotopic (exact) mass is 501 g/mol. The number of nitriles is 2. The summed E-state index contributed by atoms with van der Waals surface area (Å²) in [5, 5.41) is 20.6. The first-order chi connectivity index (χ1) is 18.1. The standard InChI is InChI=1S/C32H24ClN3O/c33-25-15-12-22(13-16-25)29-30(28(21-10-11-21)24(18-34)19-35)27-17-14-20-6-4-5-9-26(20)36(27)31(29)32(37)23-7-2-1-3-8-23/h1-9,12-17,21,27,29-31H,10-11H2/t27-,29-,30-,31+/m1/s1. The van der Waals surface area contributed by atoms with Crippen molar-refractivity contribution in [3.63, 3.8) is 0 Å². The molecule has 2 fully saturated rings. The third-order valence-corrected chi connectivity index (χ3v) is 8.13. The molecule has 1 saturated carbocycles. The van der Waals surface area contributed by atoms with Crippen molar-refractivity contribution in [1.29, 1.82) is 10.5 Å². The zero-order chi connectivity index (χ0) is 25.5. The number of fused-ring (bicyclic) bond motifs is 3. The van der Waals surface area contributed by atoms with E-state index < -0.39 is 6.04 Å². The Hall–Kier alpha value is -4.12. The lowest BCUT2D eigenvalue weighted by Crippen LogP contribution is -2.43. The van der Waals surface area contributed by atoms with Crippen LogP contribution in [-0.4, -0.2) is 17.9 Å². The Kier molecular flexibility index (Phi) is 5.91. The average Bonchev–Trinajstić information content (AvgIpc) is 3.73. The van der Waals surface area contributed by atoms with E-state index in [2.05, 4.69) is 41.3 Å². The van der Waals surface area contributed by atoms with E-state index in [1.54, 1.807) is 0 Å². The van der Waals surface area contributed by atoms with Crippen molar-refractivity contribution in [3.8, 4) is 12.1 Å². The summed E-state index contributed by atoms with van der Waals surface area (Å²) in [7, 11) is 0. The quantitative estimate of drug-likeness (QED) is 0.280. The van der Waals surface area contributed by atoms with E-state index in [0.717, 1.165) is 35.2 Å². The Labute approximate surface area is 221 Å². The number of anilines is 1. The fourth-order valence-corrected chi connectivity index (χ4v) is 6.36. The zero-order valence-electron chi connectivity index (χ0n) is 20.1. The van der Waals surface area contributed by atoms with Crippen molar-refractivity contribution in [1.82, 2.24) is 0 Å². The van der Waals surface area contributed by atoms with Crippen LogP contribution in [0.15, 0.2) is 96.1 Å². The van der Waals surface area contributed by atoms with Crippen LogP contribution in [-0.2, 0) is 0 Å². The van der Waals surface area contributed by atoms with Gasteiger partial charge in [-0.15, -0.1) is 0 Å². The molecule has 2 aliphatic heterocycles. The van der Waals surface area contributed by atoms with Gasteiger partial charge in [-0.25, -0.2) is 0 Å². The minimum Gasteiger partial charge on any atom is -0.353 e. The Bertz CT molecular complexity index is 1490. The molecule has 37 heavy (non-hydrogen) atoms. The van der Waals surface area contributed by atoms with Crippen LogP contribution < -0.4 is 4.90 Å². The maximum absolute atomic E-state index is 14.4. The first-order valence-electron chi connectivity index (χ1n) is 12.6. The molecule has 0 bridgehead atoms. The van der Waals surface area contributed by atoms with Crippen LogP contribution in [0, 0.1) is 34.5 Å². The molecule has 1 saturated heterocycles. The normalized spacial score (nSPS) is 23.4. The second-order valence-electron chi connectivity index (χ2n) is 9.92.